The number of hydrogen-bond acceptors (Lipinski definition) is 6. The van der Waals surface area contributed by atoms with Gasteiger partial charge < -0.3 is 15.2 Å². The van der Waals surface area contributed by atoms with Crippen LogP contribution < -0.4 is 10.2 Å². The molecule has 0 aliphatic carbocycles. The van der Waals surface area contributed by atoms with Gasteiger partial charge in [-0.25, -0.2) is 14.6 Å². The zero-order valence-corrected chi connectivity index (χ0v) is 16.1. The van der Waals surface area contributed by atoms with E-state index in [0.717, 1.165) is 4.90 Å². The summed E-state index contributed by atoms with van der Waals surface area (Å²) < 4.78 is 5.42. The smallest absolute Gasteiger partial charge is 0.423 e. The van der Waals surface area contributed by atoms with Gasteiger partial charge in [0.2, 0.25) is 5.91 Å². The number of rotatable bonds is 3. The molecule has 0 radical (unpaired) electrons. The quantitative estimate of drug-likeness (QED) is 0.836. The molecule has 0 spiro atoms. The van der Waals surface area contributed by atoms with Gasteiger partial charge in [-0.05, 0) is 57.3 Å². The minimum absolute atomic E-state index is 0.111. The van der Waals surface area contributed by atoms with Crippen molar-refractivity contribution in [3.63, 3.8) is 0 Å². The van der Waals surface area contributed by atoms with Crippen molar-refractivity contribution in [2.45, 2.75) is 32.8 Å². The topological polar surface area (TPSA) is 109 Å². The van der Waals surface area contributed by atoms with Gasteiger partial charge in [-0.1, -0.05) is 6.07 Å². The molecule has 1 saturated heterocycles. The molecule has 2 heterocycles. The molecule has 1 atom stereocenters. The highest BCUT2D eigenvalue weighted by molar-refractivity contribution is 6.13. The molecule has 1 aliphatic rings. The summed E-state index contributed by atoms with van der Waals surface area (Å²) in [6.45, 7) is 6.34. The molecule has 1 aliphatic heterocycles. The fourth-order valence-corrected chi connectivity index (χ4v) is 3.04. The molecule has 8 heteroatoms. The van der Waals surface area contributed by atoms with Gasteiger partial charge >= 0.3 is 12.1 Å². The van der Waals surface area contributed by atoms with E-state index < -0.39 is 17.7 Å². The first-order valence-corrected chi connectivity index (χ1v) is 9.06. The second-order valence-electron chi connectivity index (χ2n) is 7.75. The number of carbonyl (C=O) groups is 3. The highest BCUT2D eigenvalue weighted by Gasteiger charge is 2.35. The maximum absolute atomic E-state index is 13.0. The number of ether oxygens (including phenoxy) is 1. The maximum Gasteiger partial charge on any atom is 0.423 e. The van der Waals surface area contributed by atoms with Crippen molar-refractivity contribution in [1.82, 2.24) is 10.3 Å². The fourth-order valence-electron chi connectivity index (χ4n) is 3.04. The Bertz CT molecular complexity index is 929. The number of pyridine rings is 1. The summed E-state index contributed by atoms with van der Waals surface area (Å²) in [5, 5.41) is 13.6. The first kappa shape index (κ1) is 19.8. The predicted octanol–water partition coefficient (Wildman–Crippen LogP) is 2.81. The fraction of sp³-hybridized carbons (Fsp3) is 0.400. The van der Waals surface area contributed by atoms with Gasteiger partial charge in [-0.3, -0.25) is 4.79 Å². The number of amides is 2. The maximum atomic E-state index is 13.0. The molecule has 1 aromatic carbocycles. The van der Waals surface area contributed by atoms with Gasteiger partial charge in [0.05, 0.1) is 11.5 Å². The lowest BCUT2D eigenvalue weighted by Gasteiger charge is -2.27. The number of aromatic nitrogens is 1. The van der Waals surface area contributed by atoms with Crippen molar-refractivity contribution in [3.05, 3.63) is 36.0 Å². The summed E-state index contributed by atoms with van der Waals surface area (Å²) in [6, 6.07) is 6.13. The third-order valence-corrected chi connectivity index (χ3v) is 4.39. The number of anilines is 1. The molecule has 148 valence electrons. The largest absolute Gasteiger partial charge is 0.478 e. The first-order valence-electron chi connectivity index (χ1n) is 9.06. The van der Waals surface area contributed by atoms with Gasteiger partial charge in [0.15, 0.2) is 0 Å². The van der Waals surface area contributed by atoms with Crippen LogP contribution in [0.3, 0.4) is 0 Å². The molecule has 2 amide bonds. The summed E-state index contributed by atoms with van der Waals surface area (Å²) in [6.07, 6.45) is 1.33. The number of carboxylic acids is 1. The molecule has 1 aromatic heterocycles. The Kier molecular flexibility index (Phi) is 5.33. The van der Waals surface area contributed by atoms with E-state index in [1.165, 1.54) is 24.4 Å². The lowest BCUT2D eigenvalue weighted by Crippen LogP contribution is -2.44. The van der Waals surface area contributed by atoms with Crippen LogP contribution >= 0.6 is 0 Å². The number of carbonyl (C=O) groups excluding carboxylic acids is 2. The van der Waals surface area contributed by atoms with Gasteiger partial charge in [0.1, 0.15) is 11.4 Å². The average Bonchev–Trinajstić information content (AvgIpc) is 3.14. The van der Waals surface area contributed by atoms with Gasteiger partial charge in [-0.15, -0.1) is 0 Å². The third kappa shape index (κ3) is 4.28. The van der Waals surface area contributed by atoms with Crippen molar-refractivity contribution < 1.29 is 24.2 Å². The zero-order valence-electron chi connectivity index (χ0n) is 16.1. The summed E-state index contributed by atoms with van der Waals surface area (Å²) in [4.78, 5) is 42.3. The summed E-state index contributed by atoms with van der Waals surface area (Å²) >= 11 is 0. The van der Waals surface area contributed by atoms with Crippen molar-refractivity contribution in [2.75, 3.05) is 18.0 Å². The first-order chi connectivity index (χ1) is 13.2. The van der Waals surface area contributed by atoms with E-state index in [9.17, 15) is 19.5 Å². The second kappa shape index (κ2) is 7.55. The number of benzene rings is 1. The Labute approximate surface area is 162 Å². The Hall–Kier alpha value is -3.00. The molecule has 1 unspecified atom stereocenters. The molecule has 0 saturated carbocycles. The van der Waals surface area contributed by atoms with Crippen LogP contribution in [0.2, 0.25) is 0 Å². The van der Waals surface area contributed by atoms with Gasteiger partial charge in [0.25, 0.3) is 0 Å². The number of nitrogens with zero attached hydrogens (tertiary/aromatic N) is 2. The van der Waals surface area contributed by atoms with Crippen molar-refractivity contribution >= 4 is 34.6 Å². The lowest BCUT2D eigenvalue weighted by atomic mass is 10.1. The Morgan fingerprint density at radius 3 is 2.57 bits per heavy atom. The van der Waals surface area contributed by atoms with E-state index in [-0.39, 0.29) is 23.2 Å². The van der Waals surface area contributed by atoms with Crippen LogP contribution in [0.1, 0.15) is 37.6 Å². The summed E-state index contributed by atoms with van der Waals surface area (Å²) in [5.74, 6) is -1.69. The van der Waals surface area contributed by atoms with E-state index in [2.05, 4.69) is 10.3 Å². The van der Waals surface area contributed by atoms with Gasteiger partial charge in [0, 0.05) is 18.1 Å². The molecular weight excluding hydrogens is 362 g/mol. The summed E-state index contributed by atoms with van der Waals surface area (Å²) in [5.41, 5.74) is -0.670. The normalized spacial score (nSPS) is 16.8. The molecule has 8 nitrogen and oxygen atoms in total. The van der Waals surface area contributed by atoms with Crippen molar-refractivity contribution in [2.24, 2.45) is 5.92 Å². The number of carboxylic acid groups (broad SMARTS) is 1. The molecule has 2 aromatic rings. The van der Waals surface area contributed by atoms with E-state index in [4.69, 9.17) is 4.74 Å². The highest BCUT2D eigenvalue weighted by Crippen LogP contribution is 2.25. The third-order valence-electron chi connectivity index (χ3n) is 4.39. The molecule has 0 bridgehead atoms. The van der Waals surface area contributed by atoms with Crippen LogP contribution in [-0.2, 0) is 9.53 Å². The Morgan fingerprint density at radius 1 is 1.21 bits per heavy atom. The van der Waals surface area contributed by atoms with Crippen LogP contribution in [0.15, 0.2) is 30.5 Å². The molecule has 1 fully saturated rings. The monoisotopic (exact) mass is 385 g/mol. The average molecular weight is 385 g/mol. The zero-order chi connectivity index (χ0) is 20.5. The number of fused-ring (bicyclic) bond motifs is 1. The van der Waals surface area contributed by atoms with Gasteiger partial charge in [-0.2, -0.15) is 4.90 Å². The van der Waals surface area contributed by atoms with E-state index >= 15 is 0 Å². The van der Waals surface area contributed by atoms with Crippen LogP contribution in [0.5, 0.6) is 0 Å². The minimum atomic E-state index is -1.06. The Balaban J connectivity index is 2.03. The van der Waals surface area contributed by atoms with Crippen molar-refractivity contribution in [1.29, 1.82) is 0 Å². The van der Waals surface area contributed by atoms with Crippen LogP contribution in [-0.4, -0.2) is 46.8 Å². The highest BCUT2D eigenvalue weighted by atomic mass is 16.6. The SMILES string of the molecule is CC(C)(C)OC(=O)N(C(=O)C1CCNC1)c1cc2cc(C(=O)O)ccc2cn1. The summed E-state index contributed by atoms with van der Waals surface area (Å²) in [7, 11) is 0. The van der Waals surface area contributed by atoms with Crippen LogP contribution in [0, 0.1) is 5.92 Å². The van der Waals surface area contributed by atoms with E-state index in [1.54, 1.807) is 26.8 Å². The Morgan fingerprint density at radius 2 is 1.96 bits per heavy atom. The molecule has 28 heavy (non-hydrogen) atoms. The van der Waals surface area contributed by atoms with Crippen LogP contribution in [0.25, 0.3) is 10.8 Å². The number of imide groups is 1. The van der Waals surface area contributed by atoms with E-state index in [1.807, 2.05) is 0 Å². The predicted molar refractivity (Wildman–Crippen MR) is 103 cm³/mol. The number of aromatic carboxylic acids is 1. The van der Waals surface area contributed by atoms with Crippen LogP contribution in [0.4, 0.5) is 10.6 Å². The van der Waals surface area contributed by atoms with Crippen molar-refractivity contribution in [3.8, 4) is 0 Å². The molecule has 2 N–H and O–H groups in total. The molecular formula is C20H23N3O5. The van der Waals surface area contributed by atoms with E-state index in [0.29, 0.717) is 30.3 Å². The number of nitrogens with one attached hydrogen (secondary N) is 1. The standard InChI is InChI=1S/C20H23N3O5/c1-20(2,3)28-19(27)23(17(24)14-6-7-21-10-14)16-9-15-8-12(18(25)26)4-5-13(15)11-22-16/h4-5,8-9,11,14,21H,6-7,10H2,1-3H3,(H,25,26). The second-order valence-corrected chi connectivity index (χ2v) is 7.75. The lowest BCUT2D eigenvalue weighted by molar-refractivity contribution is -0.121. The minimum Gasteiger partial charge on any atom is -0.478 e. The molecule has 3 rings (SSSR count). The number of hydrogen-bond donors (Lipinski definition) is 2.